The molecule has 2 aromatic heterocycles. The van der Waals surface area contributed by atoms with Crippen LogP contribution in [0.5, 0.6) is 0 Å². The molecule has 0 N–H and O–H groups in total. The Hall–Kier alpha value is -2.87. The third-order valence-electron chi connectivity index (χ3n) is 3.24. The van der Waals surface area contributed by atoms with Crippen molar-refractivity contribution in [2.24, 2.45) is 7.05 Å². The zero-order valence-electron chi connectivity index (χ0n) is 10.8. The second kappa shape index (κ2) is 4.67. The van der Waals surface area contributed by atoms with Crippen LogP contribution in [0.3, 0.4) is 0 Å². The van der Waals surface area contributed by atoms with Crippen molar-refractivity contribution in [3.05, 3.63) is 54.2 Å². The maximum Gasteiger partial charge on any atom is 0.222 e. The lowest BCUT2D eigenvalue weighted by Crippen LogP contribution is -2.15. The quantitative estimate of drug-likeness (QED) is 0.682. The summed E-state index contributed by atoms with van der Waals surface area (Å²) in [6, 6.07) is 12.7. The molecule has 5 heteroatoms. The van der Waals surface area contributed by atoms with Crippen molar-refractivity contribution in [3.63, 3.8) is 0 Å². The van der Waals surface area contributed by atoms with Gasteiger partial charge in [0.2, 0.25) is 5.78 Å². The Morgan fingerprint density at radius 3 is 2.80 bits per heavy atom. The van der Waals surface area contributed by atoms with Gasteiger partial charge in [-0.25, -0.2) is 4.98 Å². The first-order chi connectivity index (χ1) is 9.72. The van der Waals surface area contributed by atoms with Gasteiger partial charge in [0.25, 0.3) is 0 Å². The summed E-state index contributed by atoms with van der Waals surface area (Å²) in [5.74, 6) is -0.756. The highest BCUT2D eigenvalue weighted by Crippen LogP contribution is 2.23. The van der Waals surface area contributed by atoms with E-state index in [1.165, 1.54) is 6.26 Å². The van der Waals surface area contributed by atoms with Crippen molar-refractivity contribution >= 4 is 16.8 Å². The first-order valence-corrected chi connectivity index (χ1v) is 6.11. The summed E-state index contributed by atoms with van der Waals surface area (Å²) >= 11 is 0. The Balaban J connectivity index is 2.11. The molecule has 0 spiro atoms. The van der Waals surface area contributed by atoms with E-state index in [9.17, 15) is 10.1 Å². The van der Waals surface area contributed by atoms with Gasteiger partial charge < -0.3 is 8.98 Å². The number of fused-ring (bicyclic) bond motifs is 1. The van der Waals surface area contributed by atoms with E-state index in [2.05, 4.69) is 4.98 Å². The molecule has 0 fully saturated rings. The lowest BCUT2D eigenvalue weighted by molar-refractivity contribution is 0.0948. The van der Waals surface area contributed by atoms with Crippen molar-refractivity contribution < 1.29 is 9.21 Å². The first-order valence-electron chi connectivity index (χ1n) is 6.11. The van der Waals surface area contributed by atoms with Gasteiger partial charge in [-0.1, -0.05) is 12.1 Å². The van der Waals surface area contributed by atoms with Gasteiger partial charge in [-0.05, 0) is 24.3 Å². The fourth-order valence-electron chi connectivity index (χ4n) is 2.22. The number of rotatable bonds is 3. The number of imidazole rings is 1. The number of Topliss-reactive ketones (excluding diaryl/α,β-unsaturated/α-hetero) is 1. The van der Waals surface area contributed by atoms with Crippen molar-refractivity contribution in [1.29, 1.82) is 5.26 Å². The predicted molar refractivity (Wildman–Crippen MR) is 72.1 cm³/mol. The molecule has 0 aliphatic rings. The zero-order chi connectivity index (χ0) is 14.1. The van der Waals surface area contributed by atoms with E-state index in [1.807, 2.05) is 30.3 Å². The average Bonchev–Trinajstić information content (AvgIpc) is 3.09. The van der Waals surface area contributed by atoms with E-state index in [0.29, 0.717) is 5.82 Å². The summed E-state index contributed by atoms with van der Waals surface area (Å²) < 4.78 is 6.84. The number of furan rings is 1. The standard InChI is InChI=1S/C15H11N3O2/c1-18-12-6-3-2-5-11(12)17-15(18)10(9-16)14(19)13-7-4-8-20-13/h2-8,10H,1H3/t10-/m1/s1. The molecule has 5 nitrogen and oxygen atoms in total. The minimum Gasteiger partial charge on any atom is -0.461 e. The van der Waals surface area contributed by atoms with E-state index >= 15 is 0 Å². The van der Waals surface area contributed by atoms with E-state index in [1.54, 1.807) is 23.7 Å². The van der Waals surface area contributed by atoms with Crippen LogP contribution in [0.1, 0.15) is 22.3 Å². The largest absolute Gasteiger partial charge is 0.461 e. The molecule has 0 saturated carbocycles. The van der Waals surface area contributed by atoms with E-state index < -0.39 is 5.92 Å². The molecule has 0 saturated heterocycles. The average molecular weight is 265 g/mol. The minimum absolute atomic E-state index is 0.170. The Bertz CT molecular complexity index is 809. The molecule has 0 aliphatic carbocycles. The number of hydrogen-bond donors (Lipinski definition) is 0. The highest BCUT2D eigenvalue weighted by Gasteiger charge is 2.28. The number of carbonyl (C=O) groups is 1. The normalized spacial score (nSPS) is 12.2. The molecule has 3 aromatic rings. The maximum absolute atomic E-state index is 12.3. The molecule has 0 radical (unpaired) electrons. The molecular formula is C15H11N3O2. The molecule has 1 atom stereocenters. The lowest BCUT2D eigenvalue weighted by atomic mass is 10.0. The molecular weight excluding hydrogens is 254 g/mol. The first kappa shape index (κ1) is 12.2. The number of nitrogens with zero attached hydrogens (tertiary/aromatic N) is 3. The van der Waals surface area contributed by atoms with Gasteiger partial charge in [-0.3, -0.25) is 4.79 Å². The Morgan fingerprint density at radius 2 is 2.15 bits per heavy atom. The molecule has 2 heterocycles. The summed E-state index contributed by atoms with van der Waals surface area (Å²) in [7, 11) is 1.80. The third kappa shape index (κ3) is 1.79. The highest BCUT2D eigenvalue weighted by atomic mass is 16.3. The lowest BCUT2D eigenvalue weighted by Gasteiger charge is -2.06. The number of para-hydroxylation sites is 2. The van der Waals surface area contributed by atoms with Gasteiger partial charge in [0.15, 0.2) is 11.7 Å². The summed E-state index contributed by atoms with van der Waals surface area (Å²) in [6.07, 6.45) is 1.41. The number of hydrogen-bond acceptors (Lipinski definition) is 4. The molecule has 20 heavy (non-hydrogen) atoms. The highest BCUT2D eigenvalue weighted by molar-refractivity contribution is 6.00. The van der Waals surface area contributed by atoms with Crippen LogP contribution in [-0.2, 0) is 7.05 Å². The molecule has 3 rings (SSSR count). The fraction of sp³-hybridized carbons (Fsp3) is 0.133. The van der Waals surface area contributed by atoms with Crippen LogP contribution in [0.25, 0.3) is 11.0 Å². The fourth-order valence-corrected chi connectivity index (χ4v) is 2.22. The summed E-state index contributed by atoms with van der Waals surface area (Å²) in [4.78, 5) is 16.7. The van der Waals surface area contributed by atoms with Gasteiger partial charge in [0.1, 0.15) is 5.82 Å². The molecule has 98 valence electrons. The van der Waals surface area contributed by atoms with Crippen molar-refractivity contribution in [3.8, 4) is 6.07 Å². The second-order valence-corrected chi connectivity index (χ2v) is 4.42. The molecule has 0 unspecified atom stereocenters. The van der Waals surface area contributed by atoms with Crippen LogP contribution in [-0.4, -0.2) is 15.3 Å². The maximum atomic E-state index is 12.3. The van der Waals surface area contributed by atoms with Crippen LogP contribution in [0, 0.1) is 11.3 Å². The van der Waals surface area contributed by atoms with Crippen LogP contribution >= 0.6 is 0 Å². The summed E-state index contributed by atoms with van der Waals surface area (Å²) in [5, 5.41) is 9.33. The Morgan fingerprint density at radius 1 is 1.35 bits per heavy atom. The van der Waals surface area contributed by atoms with Gasteiger partial charge in [0.05, 0.1) is 23.4 Å². The van der Waals surface area contributed by atoms with Gasteiger partial charge in [0, 0.05) is 7.05 Å². The Labute approximate surface area is 115 Å². The molecule has 1 aromatic carbocycles. The number of aryl methyl sites for hydroxylation is 1. The molecule has 0 amide bonds. The number of carbonyl (C=O) groups excluding carboxylic acids is 1. The van der Waals surface area contributed by atoms with Gasteiger partial charge in [-0.15, -0.1) is 0 Å². The van der Waals surface area contributed by atoms with Crippen molar-refractivity contribution in [2.75, 3.05) is 0 Å². The Kier molecular flexibility index (Phi) is 2.84. The molecule has 0 bridgehead atoms. The van der Waals surface area contributed by atoms with Crippen molar-refractivity contribution in [1.82, 2.24) is 9.55 Å². The summed E-state index contributed by atoms with van der Waals surface area (Å²) in [5.41, 5.74) is 1.65. The SMILES string of the molecule is Cn1c([C@H](C#N)C(=O)c2ccco2)nc2ccccc21. The minimum atomic E-state index is -0.974. The number of benzene rings is 1. The predicted octanol–water partition coefficient (Wildman–Crippen LogP) is 2.66. The van der Waals surface area contributed by atoms with E-state index in [4.69, 9.17) is 4.42 Å². The number of aromatic nitrogens is 2. The van der Waals surface area contributed by atoms with Gasteiger partial charge >= 0.3 is 0 Å². The second-order valence-electron chi connectivity index (χ2n) is 4.42. The summed E-state index contributed by atoms with van der Waals surface area (Å²) in [6.45, 7) is 0. The number of nitriles is 1. The van der Waals surface area contributed by atoms with Crippen LogP contribution in [0.15, 0.2) is 47.1 Å². The van der Waals surface area contributed by atoms with Crippen LogP contribution in [0.4, 0.5) is 0 Å². The smallest absolute Gasteiger partial charge is 0.222 e. The van der Waals surface area contributed by atoms with Crippen LogP contribution in [0.2, 0.25) is 0 Å². The van der Waals surface area contributed by atoms with E-state index in [-0.39, 0.29) is 11.5 Å². The monoisotopic (exact) mass is 265 g/mol. The topological polar surface area (TPSA) is 71.8 Å². The van der Waals surface area contributed by atoms with Gasteiger partial charge in [-0.2, -0.15) is 5.26 Å². The van der Waals surface area contributed by atoms with Crippen molar-refractivity contribution in [2.45, 2.75) is 5.92 Å². The third-order valence-corrected chi connectivity index (χ3v) is 3.24. The zero-order valence-corrected chi connectivity index (χ0v) is 10.8. The number of ketones is 1. The van der Waals surface area contributed by atoms with E-state index in [0.717, 1.165) is 11.0 Å². The van der Waals surface area contributed by atoms with Crippen LogP contribution < -0.4 is 0 Å². The molecule has 0 aliphatic heterocycles.